The van der Waals surface area contributed by atoms with E-state index in [-0.39, 0.29) is 5.75 Å². The highest BCUT2D eigenvalue weighted by Gasteiger charge is 2.27. The summed E-state index contributed by atoms with van der Waals surface area (Å²) in [6.07, 6.45) is 0. The quantitative estimate of drug-likeness (QED) is 0.725. The van der Waals surface area contributed by atoms with Crippen LogP contribution in [0.25, 0.3) is 0 Å². The first-order valence-electron chi connectivity index (χ1n) is 4.53. The smallest absolute Gasteiger partial charge is 0.327 e. The zero-order chi connectivity index (χ0) is 12.2. The lowest BCUT2D eigenvalue weighted by Crippen LogP contribution is -2.45. The van der Waals surface area contributed by atoms with E-state index in [9.17, 15) is 13.8 Å². The maximum atomic E-state index is 11.7. The van der Waals surface area contributed by atoms with E-state index in [1.54, 1.807) is 20.8 Å². The molecule has 15 heavy (non-hydrogen) atoms. The fourth-order valence-corrected chi connectivity index (χ4v) is 1.85. The third-order valence-electron chi connectivity index (χ3n) is 1.68. The second-order valence-corrected chi connectivity index (χ2v) is 6.47. The van der Waals surface area contributed by atoms with Crippen LogP contribution in [0.15, 0.2) is 0 Å². The molecule has 0 rings (SSSR count). The maximum absolute atomic E-state index is 11.7. The van der Waals surface area contributed by atoms with Crippen LogP contribution in [0.1, 0.15) is 27.7 Å². The highest BCUT2D eigenvalue weighted by Crippen LogP contribution is 2.12. The minimum absolute atomic E-state index is 0.0710. The Kier molecular flexibility index (Phi) is 4.93. The lowest BCUT2D eigenvalue weighted by Gasteiger charge is -2.21. The van der Waals surface area contributed by atoms with Gasteiger partial charge in [0.1, 0.15) is 6.04 Å². The number of carboxylic acids is 1. The van der Waals surface area contributed by atoms with Crippen molar-refractivity contribution in [1.29, 1.82) is 0 Å². The van der Waals surface area contributed by atoms with Crippen molar-refractivity contribution >= 4 is 22.7 Å². The summed E-state index contributed by atoms with van der Waals surface area (Å²) in [5.41, 5.74) is 0. The van der Waals surface area contributed by atoms with E-state index >= 15 is 0 Å². The SMILES string of the molecule is CC(=O)NC(CS(=O)C(C)(C)C)C(=O)O. The standard InChI is InChI=1S/C9H17NO4S/c1-6(11)10-7(8(12)13)5-15(14)9(2,3)4/h7H,5H2,1-4H3,(H,10,11)(H,12,13). The predicted molar refractivity (Wildman–Crippen MR) is 58.0 cm³/mol. The van der Waals surface area contributed by atoms with Crippen molar-refractivity contribution in [2.75, 3.05) is 5.75 Å². The van der Waals surface area contributed by atoms with Crippen molar-refractivity contribution in [2.24, 2.45) is 0 Å². The van der Waals surface area contributed by atoms with Gasteiger partial charge in [0.25, 0.3) is 0 Å². The summed E-state index contributed by atoms with van der Waals surface area (Å²) in [4.78, 5) is 21.5. The molecule has 0 aliphatic carbocycles. The number of rotatable bonds is 4. The summed E-state index contributed by atoms with van der Waals surface area (Å²) in [7, 11) is -1.30. The van der Waals surface area contributed by atoms with Gasteiger partial charge in [-0.15, -0.1) is 0 Å². The number of hydrogen-bond donors (Lipinski definition) is 2. The van der Waals surface area contributed by atoms with E-state index in [0.29, 0.717) is 0 Å². The molecular weight excluding hydrogens is 218 g/mol. The molecule has 0 aromatic carbocycles. The average molecular weight is 235 g/mol. The summed E-state index contributed by atoms with van der Waals surface area (Å²) < 4.78 is 11.2. The molecule has 0 aliphatic rings. The first kappa shape index (κ1) is 14.1. The van der Waals surface area contributed by atoms with E-state index in [2.05, 4.69) is 5.32 Å². The van der Waals surface area contributed by atoms with E-state index in [1.165, 1.54) is 6.92 Å². The van der Waals surface area contributed by atoms with E-state index in [0.717, 1.165) is 0 Å². The molecule has 2 unspecified atom stereocenters. The molecule has 1 amide bonds. The summed E-state index contributed by atoms with van der Waals surface area (Å²) in [6.45, 7) is 6.51. The van der Waals surface area contributed by atoms with Crippen molar-refractivity contribution < 1.29 is 18.9 Å². The van der Waals surface area contributed by atoms with Gasteiger partial charge in [0.15, 0.2) is 0 Å². The van der Waals surface area contributed by atoms with Crippen LogP contribution in [0.5, 0.6) is 0 Å². The van der Waals surface area contributed by atoms with Crippen molar-refractivity contribution in [3.63, 3.8) is 0 Å². The minimum atomic E-state index is -1.30. The summed E-state index contributed by atoms with van der Waals surface area (Å²) in [6, 6.07) is -1.08. The van der Waals surface area contributed by atoms with Crippen LogP contribution < -0.4 is 5.32 Å². The van der Waals surface area contributed by atoms with E-state index in [4.69, 9.17) is 5.11 Å². The van der Waals surface area contributed by atoms with Crippen molar-refractivity contribution in [2.45, 2.75) is 38.5 Å². The first-order valence-corrected chi connectivity index (χ1v) is 5.85. The number of carbonyl (C=O) groups is 2. The molecule has 0 saturated carbocycles. The van der Waals surface area contributed by atoms with Gasteiger partial charge in [-0.1, -0.05) is 0 Å². The molecular formula is C9H17NO4S. The Hall–Kier alpha value is -0.910. The highest BCUT2D eigenvalue weighted by atomic mass is 32.2. The molecule has 0 fully saturated rings. The molecule has 0 spiro atoms. The average Bonchev–Trinajstić information content (AvgIpc) is 1.99. The van der Waals surface area contributed by atoms with Crippen LogP contribution in [0.2, 0.25) is 0 Å². The topological polar surface area (TPSA) is 83.5 Å². The Labute approximate surface area is 91.7 Å². The molecule has 88 valence electrons. The molecule has 0 heterocycles. The summed E-state index contributed by atoms with van der Waals surface area (Å²) in [5, 5.41) is 11.0. The zero-order valence-corrected chi connectivity index (χ0v) is 10.2. The first-order chi connectivity index (χ1) is 6.64. The highest BCUT2D eigenvalue weighted by molar-refractivity contribution is 7.86. The Morgan fingerprint density at radius 3 is 2.13 bits per heavy atom. The number of nitrogens with one attached hydrogen (secondary N) is 1. The molecule has 0 aromatic rings. The second-order valence-electron chi connectivity index (χ2n) is 4.22. The Bertz CT molecular complexity index is 282. The molecule has 0 radical (unpaired) electrons. The van der Waals surface area contributed by atoms with Crippen molar-refractivity contribution in [3.05, 3.63) is 0 Å². The Balaban J connectivity index is 4.50. The number of carboxylic acid groups (broad SMARTS) is 1. The molecule has 0 saturated heterocycles. The van der Waals surface area contributed by atoms with Gasteiger partial charge in [0.2, 0.25) is 5.91 Å². The molecule has 0 bridgehead atoms. The van der Waals surface area contributed by atoms with Crippen molar-refractivity contribution in [1.82, 2.24) is 5.32 Å². The monoisotopic (exact) mass is 235 g/mol. The third-order valence-corrected chi connectivity index (χ3v) is 3.68. The lowest BCUT2D eigenvalue weighted by molar-refractivity contribution is -0.140. The third kappa shape index (κ3) is 5.51. The zero-order valence-electron chi connectivity index (χ0n) is 9.36. The number of aliphatic carboxylic acids is 1. The second kappa shape index (κ2) is 5.25. The fourth-order valence-electron chi connectivity index (χ4n) is 0.821. The van der Waals surface area contributed by atoms with Gasteiger partial charge >= 0.3 is 5.97 Å². The Morgan fingerprint density at radius 1 is 1.40 bits per heavy atom. The van der Waals surface area contributed by atoms with Crippen LogP contribution in [-0.4, -0.2) is 37.7 Å². The van der Waals surface area contributed by atoms with Gasteiger partial charge in [-0.2, -0.15) is 0 Å². The number of hydrogen-bond acceptors (Lipinski definition) is 3. The minimum Gasteiger partial charge on any atom is -0.480 e. The van der Waals surface area contributed by atoms with Gasteiger partial charge < -0.3 is 10.4 Å². The largest absolute Gasteiger partial charge is 0.480 e. The normalized spacial score (nSPS) is 15.5. The number of carbonyl (C=O) groups excluding carboxylic acids is 1. The molecule has 2 N–H and O–H groups in total. The molecule has 6 heteroatoms. The van der Waals surface area contributed by atoms with Gasteiger partial charge in [-0.05, 0) is 20.8 Å². The molecule has 0 aromatic heterocycles. The fraction of sp³-hybridized carbons (Fsp3) is 0.778. The predicted octanol–water partition coefficient (Wildman–Crippen LogP) is 0.123. The van der Waals surface area contributed by atoms with Crippen LogP contribution >= 0.6 is 0 Å². The summed E-state index contributed by atoms with van der Waals surface area (Å²) >= 11 is 0. The molecule has 5 nitrogen and oxygen atoms in total. The van der Waals surface area contributed by atoms with Crippen molar-refractivity contribution in [3.8, 4) is 0 Å². The van der Waals surface area contributed by atoms with Crippen LogP contribution in [0.3, 0.4) is 0 Å². The Morgan fingerprint density at radius 2 is 1.87 bits per heavy atom. The lowest BCUT2D eigenvalue weighted by atomic mass is 10.3. The summed E-state index contributed by atoms with van der Waals surface area (Å²) in [5.74, 6) is -1.67. The van der Waals surface area contributed by atoms with E-state index in [1.807, 2.05) is 0 Å². The van der Waals surface area contributed by atoms with Crippen LogP contribution in [0, 0.1) is 0 Å². The van der Waals surface area contributed by atoms with Crippen LogP contribution in [0.4, 0.5) is 0 Å². The van der Waals surface area contributed by atoms with Gasteiger partial charge in [0.05, 0.1) is 5.75 Å². The van der Waals surface area contributed by atoms with Crippen LogP contribution in [-0.2, 0) is 20.4 Å². The van der Waals surface area contributed by atoms with Gasteiger partial charge in [-0.3, -0.25) is 9.00 Å². The number of amides is 1. The van der Waals surface area contributed by atoms with Gasteiger partial charge in [0, 0.05) is 22.5 Å². The molecule has 0 aliphatic heterocycles. The van der Waals surface area contributed by atoms with E-state index < -0.39 is 33.5 Å². The van der Waals surface area contributed by atoms with Gasteiger partial charge in [-0.25, -0.2) is 4.79 Å². The molecule has 2 atom stereocenters. The maximum Gasteiger partial charge on any atom is 0.327 e.